The molecule has 4 heteroatoms. The summed E-state index contributed by atoms with van der Waals surface area (Å²) >= 11 is 0. The molecule has 0 saturated carbocycles. The third kappa shape index (κ3) is 3.91. The van der Waals surface area contributed by atoms with Gasteiger partial charge in [-0.15, -0.1) is 0 Å². The highest BCUT2D eigenvalue weighted by Crippen LogP contribution is 2.27. The van der Waals surface area contributed by atoms with Crippen LogP contribution in [0.2, 0.25) is 0 Å². The second-order valence-corrected chi connectivity index (χ2v) is 6.82. The Balaban J connectivity index is 2.09. The Hall–Kier alpha value is -0.160. The standard InChI is InChI=1S/C15H31N3O/c1-15(2)7-8-17(4)11-13(10-16-3)18(15)12-14-6-5-9-19-14/h13-14,16H,5-12H2,1-4H3. The lowest BCUT2D eigenvalue weighted by Crippen LogP contribution is -2.56. The van der Waals surface area contributed by atoms with Crippen LogP contribution >= 0.6 is 0 Å². The van der Waals surface area contributed by atoms with Gasteiger partial charge in [0.2, 0.25) is 0 Å². The van der Waals surface area contributed by atoms with Crippen LogP contribution in [0.15, 0.2) is 0 Å². The summed E-state index contributed by atoms with van der Waals surface area (Å²) in [6, 6.07) is 0.580. The first-order valence-corrected chi connectivity index (χ1v) is 7.74. The Morgan fingerprint density at radius 3 is 2.79 bits per heavy atom. The minimum Gasteiger partial charge on any atom is -0.377 e. The monoisotopic (exact) mass is 269 g/mol. The van der Waals surface area contributed by atoms with E-state index in [-0.39, 0.29) is 5.54 Å². The smallest absolute Gasteiger partial charge is 0.0703 e. The summed E-state index contributed by atoms with van der Waals surface area (Å²) in [5.41, 5.74) is 0.262. The van der Waals surface area contributed by atoms with E-state index in [9.17, 15) is 0 Å². The molecule has 0 amide bonds. The fourth-order valence-corrected chi connectivity index (χ4v) is 3.47. The van der Waals surface area contributed by atoms with Crippen LogP contribution in [0.3, 0.4) is 0 Å². The number of nitrogens with one attached hydrogen (secondary N) is 1. The highest BCUT2D eigenvalue weighted by atomic mass is 16.5. The first kappa shape index (κ1) is 15.2. The largest absolute Gasteiger partial charge is 0.377 e. The summed E-state index contributed by atoms with van der Waals surface area (Å²) in [5, 5.41) is 3.37. The predicted molar refractivity (Wildman–Crippen MR) is 79.6 cm³/mol. The summed E-state index contributed by atoms with van der Waals surface area (Å²) in [4.78, 5) is 5.17. The topological polar surface area (TPSA) is 27.7 Å². The molecule has 2 atom stereocenters. The second kappa shape index (κ2) is 6.53. The van der Waals surface area contributed by atoms with E-state index < -0.39 is 0 Å². The molecule has 0 aromatic carbocycles. The van der Waals surface area contributed by atoms with E-state index in [0.717, 1.165) is 26.2 Å². The molecule has 0 bridgehead atoms. The molecular formula is C15H31N3O. The van der Waals surface area contributed by atoms with Crippen molar-refractivity contribution < 1.29 is 4.74 Å². The van der Waals surface area contributed by atoms with Gasteiger partial charge in [-0.3, -0.25) is 4.90 Å². The third-order valence-electron chi connectivity index (χ3n) is 4.71. The molecular weight excluding hydrogens is 238 g/mol. The van der Waals surface area contributed by atoms with Crippen molar-refractivity contribution in [1.82, 2.24) is 15.1 Å². The van der Waals surface area contributed by atoms with Crippen LogP contribution in [0.5, 0.6) is 0 Å². The van der Waals surface area contributed by atoms with Crippen molar-refractivity contribution in [3.8, 4) is 0 Å². The molecule has 19 heavy (non-hydrogen) atoms. The quantitative estimate of drug-likeness (QED) is 0.829. The van der Waals surface area contributed by atoms with Gasteiger partial charge in [-0.05, 0) is 53.8 Å². The van der Waals surface area contributed by atoms with E-state index in [1.54, 1.807) is 0 Å². The first-order chi connectivity index (χ1) is 9.03. The zero-order chi connectivity index (χ0) is 13.9. The van der Waals surface area contributed by atoms with Crippen molar-refractivity contribution >= 4 is 0 Å². The van der Waals surface area contributed by atoms with Crippen LogP contribution < -0.4 is 5.32 Å². The van der Waals surface area contributed by atoms with Gasteiger partial charge >= 0.3 is 0 Å². The van der Waals surface area contributed by atoms with E-state index in [4.69, 9.17) is 4.74 Å². The third-order valence-corrected chi connectivity index (χ3v) is 4.71. The van der Waals surface area contributed by atoms with E-state index in [1.165, 1.54) is 25.8 Å². The van der Waals surface area contributed by atoms with E-state index in [0.29, 0.717) is 12.1 Å². The van der Waals surface area contributed by atoms with Crippen LogP contribution in [0.25, 0.3) is 0 Å². The minimum atomic E-state index is 0.262. The van der Waals surface area contributed by atoms with Gasteiger partial charge < -0.3 is 15.0 Å². The molecule has 2 rings (SSSR count). The lowest BCUT2D eigenvalue weighted by Gasteiger charge is -2.43. The number of nitrogens with zero attached hydrogens (tertiary/aromatic N) is 2. The normalized spacial score (nSPS) is 33.5. The maximum Gasteiger partial charge on any atom is 0.0703 e. The van der Waals surface area contributed by atoms with Crippen LogP contribution in [-0.2, 0) is 4.74 Å². The van der Waals surface area contributed by atoms with Crippen molar-refractivity contribution in [3.05, 3.63) is 0 Å². The molecule has 2 unspecified atom stereocenters. The van der Waals surface area contributed by atoms with Crippen LogP contribution in [-0.4, -0.2) is 74.4 Å². The summed E-state index contributed by atoms with van der Waals surface area (Å²) in [6.07, 6.45) is 4.14. The van der Waals surface area contributed by atoms with Crippen LogP contribution in [0.1, 0.15) is 33.1 Å². The zero-order valence-electron chi connectivity index (χ0n) is 13.1. The van der Waals surface area contributed by atoms with Crippen molar-refractivity contribution in [2.75, 3.05) is 46.9 Å². The molecule has 4 nitrogen and oxygen atoms in total. The molecule has 2 heterocycles. The molecule has 2 aliphatic rings. The zero-order valence-corrected chi connectivity index (χ0v) is 13.1. The summed E-state index contributed by atoms with van der Waals surface area (Å²) in [6.45, 7) is 10.2. The SMILES string of the molecule is CNCC1CN(C)CCC(C)(C)N1CC1CCCO1. The van der Waals surface area contributed by atoms with Gasteiger partial charge in [0, 0.05) is 37.8 Å². The Bertz CT molecular complexity index is 277. The number of hydrogen-bond acceptors (Lipinski definition) is 4. The Kier molecular flexibility index (Phi) is 5.23. The van der Waals surface area contributed by atoms with Gasteiger partial charge in [0.1, 0.15) is 0 Å². The Morgan fingerprint density at radius 2 is 2.16 bits per heavy atom. The van der Waals surface area contributed by atoms with Crippen LogP contribution in [0, 0.1) is 0 Å². The summed E-state index contributed by atoms with van der Waals surface area (Å²) in [5.74, 6) is 0. The highest BCUT2D eigenvalue weighted by Gasteiger charge is 2.37. The van der Waals surface area contributed by atoms with E-state index >= 15 is 0 Å². The number of likely N-dealkylation sites (N-methyl/N-ethyl adjacent to an activating group) is 2. The van der Waals surface area contributed by atoms with E-state index in [2.05, 4.69) is 43.1 Å². The average Bonchev–Trinajstić information content (AvgIpc) is 2.82. The van der Waals surface area contributed by atoms with Gasteiger partial charge in [0.25, 0.3) is 0 Å². The fraction of sp³-hybridized carbons (Fsp3) is 1.00. The van der Waals surface area contributed by atoms with Crippen LogP contribution in [0.4, 0.5) is 0 Å². The lowest BCUT2D eigenvalue weighted by molar-refractivity contribution is 0.00919. The maximum atomic E-state index is 5.87. The van der Waals surface area contributed by atoms with Gasteiger partial charge in [-0.1, -0.05) is 0 Å². The van der Waals surface area contributed by atoms with Crippen molar-refractivity contribution in [2.24, 2.45) is 0 Å². The Morgan fingerprint density at radius 1 is 1.37 bits per heavy atom. The fourth-order valence-electron chi connectivity index (χ4n) is 3.47. The molecule has 2 aliphatic heterocycles. The summed E-state index contributed by atoms with van der Waals surface area (Å²) < 4.78 is 5.87. The molecule has 112 valence electrons. The van der Waals surface area contributed by atoms with Gasteiger partial charge in [-0.25, -0.2) is 0 Å². The Labute approximate surface area is 118 Å². The number of ether oxygens (including phenoxy) is 1. The van der Waals surface area contributed by atoms with Crippen molar-refractivity contribution in [3.63, 3.8) is 0 Å². The molecule has 0 aliphatic carbocycles. The molecule has 0 aromatic heterocycles. The molecule has 2 saturated heterocycles. The highest BCUT2D eigenvalue weighted by molar-refractivity contribution is 4.94. The molecule has 0 radical (unpaired) electrons. The molecule has 2 fully saturated rings. The molecule has 0 aromatic rings. The second-order valence-electron chi connectivity index (χ2n) is 6.82. The summed E-state index contributed by atoms with van der Waals surface area (Å²) in [7, 11) is 4.30. The lowest BCUT2D eigenvalue weighted by atomic mass is 9.96. The first-order valence-electron chi connectivity index (χ1n) is 7.74. The van der Waals surface area contributed by atoms with Crippen molar-refractivity contribution in [2.45, 2.75) is 50.8 Å². The van der Waals surface area contributed by atoms with Gasteiger partial charge in [0.15, 0.2) is 0 Å². The van der Waals surface area contributed by atoms with Gasteiger partial charge in [-0.2, -0.15) is 0 Å². The average molecular weight is 269 g/mol. The van der Waals surface area contributed by atoms with Gasteiger partial charge in [0.05, 0.1) is 6.10 Å². The molecule has 1 N–H and O–H groups in total. The number of hydrogen-bond donors (Lipinski definition) is 1. The number of rotatable bonds is 4. The minimum absolute atomic E-state index is 0.262. The van der Waals surface area contributed by atoms with Crippen molar-refractivity contribution in [1.29, 1.82) is 0 Å². The molecule has 0 spiro atoms. The van der Waals surface area contributed by atoms with E-state index in [1.807, 2.05) is 0 Å². The maximum absolute atomic E-state index is 5.87. The predicted octanol–water partition coefficient (Wildman–Crippen LogP) is 1.17.